The third-order valence-electron chi connectivity index (χ3n) is 5.47. The number of amidine groups is 1. The molecule has 31 heavy (non-hydrogen) atoms. The molecule has 4 rings (SSSR count). The minimum atomic E-state index is -0.425. The third-order valence-corrected chi connectivity index (χ3v) is 5.47. The van der Waals surface area contributed by atoms with Crippen molar-refractivity contribution in [2.24, 2.45) is 15.9 Å². The number of ether oxygens (including phenoxy) is 1. The molecule has 7 heteroatoms. The number of halogens is 1. The van der Waals surface area contributed by atoms with E-state index in [1.807, 2.05) is 30.3 Å². The zero-order valence-corrected chi connectivity index (χ0v) is 17.2. The maximum Gasteiger partial charge on any atom is 0.258 e. The highest BCUT2D eigenvalue weighted by atomic mass is 19.1. The molecule has 0 radical (unpaired) electrons. The number of carbonyl (C=O) groups excluding carboxylic acids is 2. The molecule has 1 unspecified atom stereocenters. The smallest absolute Gasteiger partial charge is 0.258 e. The second-order valence-corrected chi connectivity index (χ2v) is 7.67. The van der Waals surface area contributed by atoms with Crippen molar-refractivity contribution in [1.29, 1.82) is 0 Å². The van der Waals surface area contributed by atoms with Crippen LogP contribution in [0.4, 0.5) is 4.39 Å². The fraction of sp³-hybridized carbons (Fsp3) is 0.333. The lowest BCUT2D eigenvalue weighted by Gasteiger charge is -2.27. The van der Waals surface area contributed by atoms with Crippen molar-refractivity contribution < 1.29 is 18.7 Å². The molecule has 2 aliphatic rings. The van der Waals surface area contributed by atoms with Crippen LogP contribution >= 0.6 is 0 Å². The average molecular weight is 421 g/mol. The molecule has 2 aliphatic heterocycles. The summed E-state index contributed by atoms with van der Waals surface area (Å²) in [5, 5.41) is 0. The van der Waals surface area contributed by atoms with Gasteiger partial charge in [-0.05, 0) is 18.1 Å². The van der Waals surface area contributed by atoms with Gasteiger partial charge >= 0.3 is 0 Å². The molecule has 1 saturated heterocycles. The maximum absolute atomic E-state index is 14.3. The predicted octanol–water partition coefficient (Wildman–Crippen LogP) is 3.20. The first-order valence-corrected chi connectivity index (χ1v) is 10.4. The Morgan fingerprint density at radius 3 is 2.65 bits per heavy atom. The van der Waals surface area contributed by atoms with Gasteiger partial charge in [0.25, 0.3) is 5.91 Å². The summed E-state index contributed by atoms with van der Waals surface area (Å²) < 4.78 is 19.6. The molecule has 2 heterocycles. The van der Waals surface area contributed by atoms with E-state index in [9.17, 15) is 14.0 Å². The number of benzene rings is 2. The van der Waals surface area contributed by atoms with Gasteiger partial charge in [-0.15, -0.1) is 0 Å². The summed E-state index contributed by atoms with van der Waals surface area (Å²) >= 11 is 0. The van der Waals surface area contributed by atoms with Crippen molar-refractivity contribution in [3.05, 3.63) is 71.5 Å². The van der Waals surface area contributed by atoms with Crippen LogP contribution in [0.5, 0.6) is 0 Å². The first-order chi connectivity index (χ1) is 15.1. The van der Waals surface area contributed by atoms with Crippen LogP contribution in [0.15, 0.2) is 64.6 Å². The molecular formula is C24H24FN3O3. The molecule has 6 nitrogen and oxygen atoms in total. The molecule has 2 aromatic rings. The zero-order chi connectivity index (χ0) is 21.6. The van der Waals surface area contributed by atoms with Crippen LogP contribution in [-0.2, 0) is 27.3 Å². The van der Waals surface area contributed by atoms with Crippen molar-refractivity contribution >= 4 is 23.4 Å². The number of aryl methyl sites for hydroxylation is 1. The quantitative estimate of drug-likeness (QED) is 0.689. The SMILES string of the molecule is O=C1N=C(CN(Cc2ccccc2F)C(=O)CCc2ccccc2)N=C2CCOCC12. The molecule has 0 aromatic heterocycles. The summed E-state index contributed by atoms with van der Waals surface area (Å²) in [6.07, 6.45) is 1.42. The number of aliphatic imine (C=N–C) groups is 2. The van der Waals surface area contributed by atoms with Crippen LogP contribution in [0.1, 0.15) is 24.0 Å². The zero-order valence-electron chi connectivity index (χ0n) is 17.2. The minimum absolute atomic E-state index is 0.0603. The van der Waals surface area contributed by atoms with Crippen LogP contribution in [0.3, 0.4) is 0 Å². The van der Waals surface area contributed by atoms with Gasteiger partial charge in [-0.3, -0.25) is 9.59 Å². The van der Waals surface area contributed by atoms with E-state index < -0.39 is 5.92 Å². The molecule has 0 spiro atoms. The lowest BCUT2D eigenvalue weighted by molar-refractivity contribution is -0.131. The Balaban J connectivity index is 1.52. The summed E-state index contributed by atoms with van der Waals surface area (Å²) in [6, 6.07) is 16.1. The first kappa shape index (κ1) is 21.1. The van der Waals surface area contributed by atoms with Crippen molar-refractivity contribution in [1.82, 2.24) is 4.90 Å². The predicted molar refractivity (Wildman–Crippen MR) is 115 cm³/mol. The van der Waals surface area contributed by atoms with E-state index in [1.54, 1.807) is 18.2 Å². The first-order valence-electron chi connectivity index (χ1n) is 10.4. The van der Waals surface area contributed by atoms with Gasteiger partial charge in [0.2, 0.25) is 5.91 Å². The Labute approximate surface area is 180 Å². The number of amides is 2. The maximum atomic E-state index is 14.3. The topological polar surface area (TPSA) is 71.3 Å². The summed E-state index contributed by atoms with van der Waals surface area (Å²) in [5.41, 5.74) is 2.22. The highest BCUT2D eigenvalue weighted by molar-refractivity contribution is 6.17. The lowest BCUT2D eigenvalue weighted by atomic mass is 9.97. The Morgan fingerprint density at radius 2 is 1.84 bits per heavy atom. The molecule has 1 atom stereocenters. The molecule has 2 aromatic carbocycles. The van der Waals surface area contributed by atoms with E-state index in [-0.39, 0.29) is 37.1 Å². The highest BCUT2D eigenvalue weighted by Gasteiger charge is 2.32. The number of hydrogen-bond donors (Lipinski definition) is 0. The Bertz CT molecular complexity index is 1020. The standard InChI is InChI=1S/C24H24FN3O3/c25-20-9-5-4-8-18(20)14-28(23(29)11-10-17-6-2-1-3-7-17)15-22-26-21-12-13-31-16-19(21)24(30)27-22/h1-9,19H,10-16H2. The third kappa shape index (κ3) is 5.30. The summed E-state index contributed by atoms with van der Waals surface area (Å²) in [4.78, 5) is 35.6. The van der Waals surface area contributed by atoms with Gasteiger partial charge in [0.05, 0.1) is 19.8 Å². The van der Waals surface area contributed by atoms with E-state index in [4.69, 9.17) is 4.74 Å². The number of hydrogen-bond acceptors (Lipinski definition) is 4. The average Bonchev–Trinajstić information content (AvgIpc) is 2.79. The molecule has 1 fully saturated rings. The van der Waals surface area contributed by atoms with E-state index >= 15 is 0 Å². The molecule has 0 bridgehead atoms. The summed E-state index contributed by atoms with van der Waals surface area (Å²) in [5.74, 6) is -0.937. The molecule has 160 valence electrons. The van der Waals surface area contributed by atoms with Gasteiger partial charge < -0.3 is 9.64 Å². The number of fused-ring (bicyclic) bond motifs is 1. The Hall–Kier alpha value is -3.19. The van der Waals surface area contributed by atoms with Crippen LogP contribution in [0.2, 0.25) is 0 Å². The molecule has 0 saturated carbocycles. The van der Waals surface area contributed by atoms with Crippen molar-refractivity contribution in [3.63, 3.8) is 0 Å². The van der Waals surface area contributed by atoms with Crippen LogP contribution in [0.25, 0.3) is 0 Å². The minimum Gasteiger partial charge on any atom is -0.380 e. The van der Waals surface area contributed by atoms with Gasteiger partial charge in [-0.1, -0.05) is 48.5 Å². The van der Waals surface area contributed by atoms with Crippen LogP contribution in [-0.4, -0.2) is 48.0 Å². The summed E-state index contributed by atoms with van der Waals surface area (Å²) in [7, 11) is 0. The second-order valence-electron chi connectivity index (χ2n) is 7.67. The lowest BCUT2D eigenvalue weighted by Crippen LogP contribution is -2.41. The number of carbonyl (C=O) groups is 2. The molecule has 0 aliphatic carbocycles. The van der Waals surface area contributed by atoms with Crippen LogP contribution < -0.4 is 0 Å². The van der Waals surface area contributed by atoms with Gasteiger partial charge in [-0.2, -0.15) is 4.99 Å². The number of nitrogens with zero attached hydrogens (tertiary/aromatic N) is 3. The van der Waals surface area contributed by atoms with Crippen molar-refractivity contribution in [2.75, 3.05) is 19.8 Å². The molecule has 0 N–H and O–H groups in total. The molecular weight excluding hydrogens is 397 g/mol. The molecule has 2 amide bonds. The Kier molecular flexibility index (Phi) is 6.62. The van der Waals surface area contributed by atoms with E-state index in [1.165, 1.54) is 11.0 Å². The van der Waals surface area contributed by atoms with Gasteiger partial charge in [0, 0.05) is 30.7 Å². The second kappa shape index (κ2) is 9.75. The van der Waals surface area contributed by atoms with Crippen molar-refractivity contribution in [2.45, 2.75) is 25.8 Å². The fourth-order valence-electron chi connectivity index (χ4n) is 3.75. The Morgan fingerprint density at radius 1 is 1.06 bits per heavy atom. The van der Waals surface area contributed by atoms with Gasteiger partial charge in [0.1, 0.15) is 11.7 Å². The highest BCUT2D eigenvalue weighted by Crippen LogP contribution is 2.19. The van der Waals surface area contributed by atoms with E-state index in [2.05, 4.69) is 9.98 Å². The van der Waals surface area contributed by atoms with Crippen molar-refractivity contribution in [3.8, 4) is 0 Å². The normalized spacial score (nSPS) is 18.1. The monoisotopic (exact) mass is 421 g/mol. The van der Waals surface area contributed by atoms with Gasteiger partial charge in [0.15, 0.2) is 5.84 Å². The number of rotatable bonds is 7. The van der Waals surface area contributed by atoms with Gasteiger partial charge in [-0.25, -0.2) is 9.38 Å². The van der Waals surface area contributed by atoms with Crippen LogP contribution in [0, 0.1) is 11.7 Å². The summed E-state index contributed by atoms with van der Waals surface area (Å²) in [6.45, 7) is 0.962. The largest absolute Gasteiger partial charge is 0.380 e. The fourth-order valence-corrected chi connectivity index (χ4v) is 3.75. The van der Waals surface area contributed by atoms with E-state index in [0.717, 1.165) is 11.3 Å². The van der Waals surface area contributed by atoms with E-state index in [0.29, 0.717) is 37.5 Å².